The number of aryl methyl sites for hydroxylation is 2. The highest BCUT2D eigenvalue weighted by atomic mass is 16.5. The molecule has 0 saturated heterocycles. The fourth-order valence-corrected chi connectivity index (χ4v) is 4.15. The Labute approximate surface area is 189 Å². The van der Waals surface area contributed by atoms with Crippen molar-refractivity contribution in [3.05, 3.63) is 23.4 Å². The summed E-state index contributed by atoms with van der Waals surface area (Å²) in [5.74, 6) is 0.126. The van der Waals surface area contributed by atoms with Crippen LogP contribution in [-0.2, 0) is 27.2 Å². The van der Waals surface area contributed by atoms with Gasteiger partial charge < -0.3 is 20.5 Å². The van der Waals surface area contributed by atoms with E-state index in [1.54, 1.807) is 13.8 Å². The molecule has 1 aromatic heterocycles. The van der Waals surface area contributed by atoms with Gasteiger partial charge in [0.1, 0.15) is 11.9 Å². The maximum atomic E-state index is 12.3. The van der Waals surface area contributed by atoms with E-state index in [0.29, 0.717) is 5.92 Å². The summed E-state index contributed by atoms with van der Waals surface area (Å²) in [5.41, 5.74) is 1.51. The Hall–Kier alpha value is -2.66. The number of fused-ring (bicyclic) bond motifs is 1. The molecule has 0 unspecified atom stereocenters. The molecule has 1 atom stereocenters. The number of rotatable bonds is 11. The number of ether oxygens (including phenoxy) is 1. The van der Waals surface area contributed by atoms with Crippen molar-refractivity contribution in [3.8, 4) is 6.07 Å². The minimum absolute atomic E-state index is 0.0304. The smallest absolute Gasteiger partial charge is 0.326 e. The summed E-state index contributed by atoms with van der Waals surface area (Å²) in [6.45, 7) is 4.54. The zero-order chi connectivity index (χ0) is 23.1. The number of hydrogen-bond donors (Lipinski definition) is 3. The molecule has 8 heteroatoms. The largest absolute Gasteiger partial charge is 0.480 e. The molecule has 2 heterocycles. The topological polar surface area (TPSA) is 124 Å². The Kier molecular flexibility index (Phi) is 8.08. The van der Waals surface area contributed by atoms with Crippen LogP contribution in [0.15, 0.2) is 12.1 Å². The van der Waals surface area contributed by atoms with Gasteiger partial charge >= 0.3 is 5.97 Å². The lowest BCUT2D eigenvalue weighted by atomic mass is 9.79. The molecular formula is C24H34N4O4. The Morgan fingerprint density at radius 3 is 2.91 bits per heavy atom. The van der Waals surface area contributed by atoms with Crippen molar-refractivity contribution in [2.75, 3.05) is 18.5 Å². The maximum absolute atomic E-state index is 12.3. The van der Waals surface area contributed by atoms with Gasteiger partial charge in [-0.2, -0.15) is 5.26 Å². The Morgan fingerprint density at radius 2 is 2.19 bits per heavy atom. The molecular weight excluding hydrogens is 408 g/mol. The number of nitrogens with zero attached hydrogens (tertiary/aromatic N) is 2. The van der Waals surface area contributed by atoms with Gasteiger partial charge in [0.05, 0.1) is 17.6 Å². The van der Waals surface area contributed by atoms with E-state index >= 15 is 0 Å². The van der Waals surface area contributed by atoms with E-state index < -0.39 is 23.3 Å². The summed E-state index contributed by atoms with van der Waals surface area (Å²) >= 11 is 0. The van der Waals surface area contributed by atoms with Gasteiger partial charge in [0.2, 0.25) is 5.91 Å². The number of aromatic nitrogens is 1. The number of nitriles is 1. The van der Waals surface area contributed by atoms with Crippen LogP contribution in [0.4, 0.5) is 5.82 Å². The number of nitrogens with one attached hydrogen (secondary N) is 2. The zero-order valence-electron chi connectivity index (χ0n) is 19.0. The van der Waals surface area contributed by atoms with Crippen LogP contribution in [0.2, 0.25) is 0 Å². The number of carboxylic acids is 1. The van der Waals surface area contributed by atoms with Crippen molar-refractivity contribution in [2.24, 2.45) is 11.3 Å². The van der Waals surface area contributed by atoms with Gasteiger partial charge in [-0.1, -0.05) is 19.9 Å². The van der Waals surface area contributed by atoms with Gasteiger partial charge in [-0.3, -0.25) is 4.79 Å². The lowest BCUT2D eigenvalue weighted by Gasteiger charge is -2.35. The molecule has 3 rings (SSSR count). The number of amides is 1. The number of carbonyl (C=O) groups is 2. The average molecular weight is 443 g/mol. The van der Waals surface area contributed by atoms with Crippen molar-refractivity contribution in [3.63, 3.8) is 0 Å². The van der Waals surface area contributed by atoms with Crippen molar-refractivity contribution in [1.29, 1.82) is 5.26 Å². The first kappa shape index (κ1) is 24.0. The molecule has 2 aliphatic rings. The van der Waals surface area contributed by atoms with Gasteiger partial charge in [0.25, 0.3) is 0 Å². The van der Waals surface area contributed by atoms with Crippen LogP contribution >= 0.6 is 0 Å². The second-order valence-electron chi connectivity index (χ2n) is 9.58. The van der Waals surface area contributed by atoms with Crippen LogP contribution in [-0.4, -0.2) is 47.3 Å². The number of carbonyl (C=O) groups excluding carboxylic acids is 1. The van der Waals surface area contributed by atoms with E-state index in [0.717, 1.165) is 56.6 Å². The summed E-state index contributed by atoms with van der Waals surface area (Å²) in [4.78, 5) is 28.5. The third kappa shape index (κ3) is 6.42. The molecule has 0 aromatic carbocycles. The molecule has 0 bridgehead atoms. The van der Waals surface area contributed by atoms with Crippen molar-refractivity contribution in [1.82, 2.24) is 10.3 Å². The number of pyridine rings is 1. The third-order valence-electron chi connectivity index (χ3n) is 6.45. The highest BCUT2D eigenvalue weighted by Crippen LogP contribution is 2.34. The van der Waals surface area contributed by atoms with Crippen LogP contribution in [0.25, 0.3) is 0 Å². The standard InChI is InChI=1S/C24H34N4O4/c1-24(2,10-11-25)23(31)28-20(22(29)30)9-13-32-19-14-16(15-19)5-7-18-8-6-17-4-3-12-26-21(17)27-18/h6,8,16,19-20H,3-5,7,9-10,12-15H2,1-2H3,(H,26,27)(H,28,31)(H,29,30)/t16-,19-,20-/m0/s1. The van der Waals surface area contributed by atoms with E-state index in [4.69, 9.17) is 15.0 Å². The summed E-state index contributed by atoms with van der Waals surface area (Å²) in [6.07, 6.45) is 6.63. The molecule has 1 aliphatic carbocycles. The van der Waals surface area contributed by atoms with Crippen molar-refractivity contribution >= 4 is 17.7 Å². The van der Waals surface area contributed by atoms with E-state index in [1.807, 2.05) is 6.07 Å². The third-order valence-corrected chi connectivity index (χ3v) is 6.45. The van der Waals surface area contributed by atoms with Gasteiger partial charge in [-0.25, -0.2) is 9.78 Å². The molecule has 1 saturated carbocycles. The second-order valence-corrected chi connectivity index (χ2v) is 9.58. The van der Waals surface area contributed by atoms with Crippen LogP contribution in [0, 0.1) is 22.7 Å². The molecule has 1 aliphatic heterocycles. The highest BCUT2D eigenvalue weighted by Gasteiger charge is 2.32. The van der Waals surface area contributed by atoms with E-state index in [2.05, 4.69) is 22.8 Å². The lowest BCUT2D eigenvalue weighted by Crippen LogP contribution is -2.47. The molecule has 0 radical (unpaired) electrons. The Balaban J connectivity index is 1.34. The first-order chi connectivity index (χ1) is 15.3. The Bertz CT molecular complexity index is 858. The monoisotopic (exact) mass is 442 g/mol. The van der Waals surface area contributed by atoms with Crippen molar-refractivity contribution < 1.29 is 19.4 Å². The number of carboxylic acid groups (broad SMARTS) is 1. The van der Waals surface area contributed by atoms with E-state index in [1.165, 1.54) is 5.56 Å². The normalized spacial score (nSPS) is 20.8. The molecule has 1 aromatic rings. The van der Waals surface area contributed by atoms with Gasteiger partial charge in [-0.05, 0) is 56.1 Å². The minimum atomic E-state index is -1.09. The number of hydrogen-bond acceptors (Lipinski definition) is 6. The van der Waals surface area contributed by atoms with Crippen LogP contribution in [0.3, 0.4) is 0 Å². The van der Waals surface area contributed by atoms with Crippen LogP contribution in [0.1, 0.15) is 63.6 Å². The zero-order valence-corrected chi connectivity index (χ0v) is 19.0. The van der Waals surface area contributed by atoms with E-state index in [-0.39, 0.29) is 25.6 Å². The first-order valence-corrected chi connectivity index (χ1v) is 11.5. The molecule has 3 N–H and O–H groups in total. The predicted octanol–water partition coefficient (Wildman–Crippen LogP) is 3.07. The molecule has 8 nitrogen and oxygen atoms in total. The summed E-state index contributed by atoms with van der Waals surface area (Å²) < 4.78 is 5.84. The average Bonchev–Trinajstić information content (AvgIpc) is 2.73. The molecule has 32 heavy (non-hydrogen) atoms. The Morgan fingerprint density at radius 1 is 1.41 bits per heavy atom. The SMILES string of the molecule is CC(C)(CC#N)C(=O)N[C@@H](CCO[C@H]1C[C@H](CCc2ccc3c(n2)NCCC3)C1)C(=O)O. The van der Waals surface area contributed by atoms with Crippen LogP contribution < -0.4 is 10.6 Å². The fourth-order valence-electron chi connectivity index (χ4n) is 4.15. The number of anilines is 1. The summed E-state index contributed by atoms with van der Waals surface area (Å²) in [6, 6.07) is 5.27. The molecule has 0 spiro atoms. The van der Waals surface area contributed by atoms with Crippen molar-refractivity contribution in [2.45, 2.75) is 77.4 Å². The fraction of sp³-hybridized carbons (Fsp3) is 0.667. The first-order valence-electron chi connectivity index (χ1n) is 11.5. The van der Waals surface area contributed by atoms with E-state index in [9.17, 15) is 14.7 Å². The summed E-state index contributed by atoms with van der Waals surface area (Å²) in [5, 5.41) is 24.1. The maximum Gasteiger partial charge on any atom is 0.326 e. The molecule has 174 valence electrons. The number of aliphatic carboxylic acids is 1. The van der Waals surface area contributed by atoms with Gasteiger partial charge in [-0.15, -0.1) is 0 Å². The second kappa shape index (κ2) is 10.8. The minimum Gasteiger partial charge on any atom is -0.480 e. The van der Waals surface area contributed by atoms with Crippen LogP contribution in [0.5, 0.6) is 0 Å². The van der Waals surface area contributed by atoms with Gasteiger partial charge in [0.15, 0.2) is 0 Å². The van der Waals surface area contributed by atoms with Gasteiger partial charge in [0, 0.05) is 31.7 Å². The predicted molar refractivity (Wildman–Crippen MR) is 120 cm³/mol. The summed E-state index contributed by atoms with van der Waals surface area (Å²) in [7, 11) is 0. The lowest BCUT2D eigenvalue weighted by molar-refractivity contribution is -0.144. The highest BCUT2D eigenvalue weighted by molar-refractivity contribution is 5.87. The molecule has 1 fully saturated rings. The quantitative estimate of drug-likeness (QED) is 0.481. The molecule has 1 amide bonds.